The fourth-order valence-electron chi connectivity index (χ4n) is 0.129. The van der Waals surface area contributed by atoms with Crippen LogP contribution in [-0.4, -0.2) is 19.4 Å². The fraction of sp³-hybridized carbons (Fsp3) is 1.00. The molecule has 3 heteroatoms. The Hall–Kier alpha value is 0.715. The summed E-state index contributed by atoms with van der Waals surface area (Å²) in [6, 6.07) is 0. The Labute approximate surface area is 44.8 Å². The van der Waals surface area contributed by atoms with Gasteiger partial charge in [0.2, 0.25) is 0 Å². The standard InChI is InChI=1S/C3H8BPS/c1-3-5(4)6-2/h3H2,1-2H3. The average molecular weight is 118 g/mol. The fourth-order valence-corrected chi connectivity index (χ4v) is 1.16. The Morgan fingerprint density at radius 3 is 2.33 bits per heavy atom. The Kier molecular flexibility index (Phi) is 4.35. The van der Waals surface area contributed by atoms with Crippen LogP contribution in [-0.2, 0) is 0 Å². The molecule has 0 aliphatic carbocycles. The molecule has 0 spiro atoms. The predicted octanol–water partition coefficient (Wildman–Crippen LogP) is 1.85. The van der Waals surface area contributed by atoms with E-state index in [-0.39, 0.29) is 6.44 Å². The minimum atomic E-state index is -0.159. The molecule has 34 valence electrons. The molecule has 0 saturated heterocycles. The minimum absolute atomic E-state index is 0.159. The van der Waals surface area contributed by atoms with Crippen molar-refractivity contribution in [2.75, 3.05) is 12.4 Å². The molecule has 0 nitrogen and oxygen atoms in total. The van der Waals surface area contributed by atoms with Crippen molar-refractivity contribution in [3.63, 3.8) is 0 Å². The first kappa shape index (κ1) is 6.71. The van der Waals surface area contributed by atoms with Gasteiger partial charge in [-0.2, -0.15) is 0 Å². The van der Waals surface area contributed by atoms with Gasteiger partial charge in [0, 0.05) is 0 Å². The molecule has 0 aromatic heterocycles. The Bertz CT molecular complexity index is 74.5. The van der Waals surface area contributed by atoms with Gasteiger partial charge in [-0.3, -0.25) is 0 Å². The van der Waals surface area contributed by atoms with Crippen molar-refractivity contribution in [1.29, 1.82) is 0 Å². The summed E-state index contributed by atoms with van der Waals surface area (Å²) in [6.45, 7) is 2.11. The van der Waals surface area contributed by atoms with E-state index in [9.17, 15) is 0 Å². The first-order valence-electron chi connectivity index (χ1n) is 1.87. The van der Waals surface area contributed by atoms with E-state index in [2.05, 4.69) is 13.2 Å². The van der Waals surface area contributed by atoms with Crippen LogP contribution in [0.4, 0.5) is 0 Å². The van der Waals surface area contributed by atoms with Crippen LogP contribution < -0.4 is 0 Å². The molecule has 0 bridgehead atoms. The van der Waals surface area contributed by atoms with Crippen molar-refractivity contribution in [2.45, 2.75) is 6.92 Å². The van der Waals surface area contributed by atoms with Crippen molar-refractivity contribution in [1.82, 2.24) is 0 Å². The van der Waals surface area contributed by atoms with Crippen LogP contribution in [0.1, 0.15) is 6.92 Å². The van der Waals surface area contributed by atoms with E-state index >= 15 is 0 Å². The molecule has 6 heavy (non-hydrogen) atoms. The monoisotopic (exact) mass is 118 g/mol. The van der Waals surface area contributed by atoms with Gasteiger partial charge < -0.3 is 0 Å². The maximum atomic E-state index is 5.50. The van der Waals surface area contributed by atoms with E-state index in [0.717, 1.165) is 6.16 Å². The molecule has 0 aliphatic heterocycles. The third-order valence-electron chi connectivity index (χ3n) is 0.546. The van der Waals surface area contributed by atoms with Gasteiger partial charge in [-0.25, -0.2) is 0 Å². The summed E-state index contributed by atoms with van der Waals surface area (Å²) >= 11 is 1.77. The first-order chi connectivity index (χ1) is 2.81. The molecule has 0 aromatic rings. The van der Waals surface area contributed by atoms with Crippen molar-refractivity contribution >= 4 is 24.8 Å². The topological polar surface area (TPSA) is 0 Å². The second-order valence-corrected chi connectivity index (χ2v) is 5.25. The normalized spacial score (nSPS) is 11.7. The molecule has 1 atom stereocenters. The van der Waals surface area contributed by atoms with Gasteiger partial charge in [0.25, 0.3) is 0 Å². The Morgan fingerprint density at radius 1 is 1.83 bits per heavy atom. The zero-order valence-corrected chi connectivity index (χ0v) is 5.85. The van der Waals surface area contributed by atoms with Crippen molar-refractivity contribution in [3.8, 4) is 0 Å². The number of hydrogen-bond acceptors (Lipinski definition) is 1. The zero-order chi connectivity index (χ0) is 4.99. The van der Waals surface area contributed by atoms with Crippen molar-refractivity contribution in [2.24, 2.45) is 0 Å². The average Bonchev–Trinajstić information content (AvgIpc) is 1.65. The number of hydrogen-bond donors (Lipinski definition) is 0. The van der Waals surface area contributed by atoms with E-state index < -0.39 is 0 Å². The molecule has 0 radical (unpaired) electrons. The quantitative estimate of drug-likeness (QED) is 0.345. The van der Waals surface area contributed by atoms with Gasteiger partial charge in [0.15, 0.2) is 0 Å². The molecule has 0 heterocycles. The van der Waals surface area contributed by atoms with Gasteiger partial charge in [-0.15, -0.1) is 0 Å². The van der Waals surface area contributed by atoms with Crippen LogP contribution in [0.5, 0.6) is 0 Å². The van der Waals surface area contributed by atoms with Gasteiger partial charge in [0.05, 0.1) is 0 Å². The third kappa shape index (κ3) is 2.93. The molecular weight excluding hydrogens is 110 g/mol. The van der Waals surface area contributed by atoms with E-state index in [1.165, 1.54) is 0 Å². The summed E-state index contributed by atoms with van der Waals surface area (Å²) in [6.07, 6.45) is 3.03. The zero-order valence-electron chi connectivity index (χ0n) is 4.14. The van der Waals surface area contributed by atoms with Crippen LogP contribution in [0, 0.1) is 0 Å². The molecule has 0 N–H and O–H groups in total. The second kappa shape index (κ2) is 3.89. The summed E-state index contributed by atoms with van der Waals surface area (Å²) in [5.41, 5.74) is 0. The summed E-state index contributed by atoms with van der Waals surface area (Å²) in [5.74, 6) is 0. The number of rotatable bonds is 0. The molecule has 1 unspecified atom stereocenters. The van der Waals surface area contributed by atoms with Crippen molar-refractivity contribution < 1.29 is 0 Å². The summed E-state index contributed by atoms with van der Waals surface area (Å²) < 4.78 is 0. The van der Waals surface area contributed by atoms with E-state index in [0.29, 0.717) is 0 Å². The molecule has 0 amide bonds. The van der Waals surface area contributed by atoms with Crippen LogP contribution >= 0.6 is 17.8 Å². The first-order valence-corrected chi connectivity index (χ1v) is 5.30. The van der Waals surface area contributed by atoms with Crippen LogP contribution in [0.3, 0.4) is 0 Å². The summed E-state index contributed by atoms with van der Waals surface area (Å²) in [5, 5.41) is 0. The molecule has 0 aromatic carbocycles. The second-order valence-electron chi connectivity index (χ2n) is 0.916. The summed E-state index contributed by atoms with van der Waals surface area (Å²) in [4.78, 5) is 0. The van der Waals surface area contributed by atoms with E-state index in [1.54, 1.807) is 11.4 Å². The molecule has 0 saturated carbocycles. The van der Waals surface area contributed by atoms with Crippen LogP contribution in [0.25, 0.3) is 0 Å². The van der Waals surface area contributed by atoms with E-state index in [1.807, 2.05) is 0 Å². The predicted molar refractivity (Wildman–Crippen MR) is 36.7 cm³/mol. The molecular formula is C3H8BPS. The van der Waals surface area contributed by atoms with Gasteiger partial charge in [0.1, 0.15) is 0 Å². The SMILES string of the molecule is B#P(CC)SC. The molecule has 0 rings (SSSR count). The summed E-state index contributed by atoms with van der Waals surface area (Å²) in [7, 11) is 5.50. The third-order valence-corrected chi connectivity index (χ3v) is 3.82. The van der Waals surface area contributed by atoms with Gasteiger partial charge in [-0.05, 0) is 0 Å². The van der Waals surface area contributed by atoms with E-state index in [4.69, 9.17) is 7.01 Å². The van der Waals surface area contributed by atoms with Gasteiger partial charge in [-0.1, -0.05) is 0 Å². The van der Waals surface area contributed by atoms with Crippen LogP contribution in [0.2, 0.25) is 0 Å². The van der Waals surface area contributed by atoms with Crippen LogP contribution in [0.15, 0.2) is 0 Å². The van der Waals surface area contributed by atoms with Gasteiger partial charge >= 0.3 is 44.2 Å². The van der Waals surface area contributed by atoms with Crippen molar-refractivity contribution in [3.05, 3.63) is 0 Å². The molecule has 0 fully saturated rings. The molecule has 0 aliphatic rings. The Morgan fingerprint density at radius 2 is 2.33 bits per heavy atom. The Balaban J connectivity index is 3.08. The maximum absolute atomic E-state index is 5.50.